The third-order valence-electron chi connectivity index (χ3n) is 4.16. The number of aliphatic hydroxyl groups excluding tert-OH is 1. The largest absolute Gasteiger partial charge is 0.394 e. The van der Waals surface area contributed by atoms with Crippen molar-refractivity contribution in [1.82, 2.24) is 5.32 Å². The molecule has 1 fully saturated rings. The van der Waals surface area contributed by atoms with Gasteiger partial charge in [-0.15, -0.1) is 0 Å². The highest BCUT2D eigenvalue weighted by molar-refractivity contribution is 5.23. The maximum absolute atomic E-state index is 10.1. The third-order valence-corrected chi connectivity index (χ3v) is 4.16. The third kappa shape index (κ3) is 3.93. The van der Waals surface area contributed by atoms with E-state index in [4.69, 9.17) is 0 Å². The van der Waals surface area contributed by atoms with Crippen LogP contribution < -0.4 is 5.32 Å². The van der Waals surface area contributed by atoms with E-state index in [1.807, 2.05) is 12.1 Å². The van der Waals surface area contributed by atoms with Crippen LogP contribution in [0.5, 0.6) is 0 Å². The van der Waals surface area contributed by atoms with Gasteiger partial charge in [0.2, 0.25) is 0 Å². The Morgan fingerprint density at radius 3 is 1.71 bits per heavy atom. The van der Waals surface area contributed by atoms with E-state index in [9.17, 15) is 5.11 Å². The summed E-state index contributed by atoms with van der Waals surface area (Å²) in [5.41, 5.74) is 2.29. The normalized spacial score (nSPS) is 15.1. The van der Waals surface area contributed by atoms with E-state index in [-0.39, 0.29) is 12.1 Å². The first kappa shape index (κ1) is 14.3. The average Bonchev–Trinajstić information content (AvgIpc) is 3.33. The van der Waals surface area contributed by atoms with Gasteiger partial charge in [-0.05, 0) is 36.8 Å². The summed E-state index contributed by atoms with van der Waals surface area (Å²) in [5, 5.41) is 13.8. The molecule has 0 aromatic heterocycles. The maximum atomic E-state index is 10.1. The van der Waals surface area contributed by atoms with Gasteiger partial charge in [-0.1, -0.05) is 60.7 Å². The molecule has 0 spiro atoms. The average molecular weight is 281 g/mol. The second-order valence-corrected chi connectivity index (χ2v) is 6.18. The Bertz CT molecular complexity index is 507. The molecule has 0 heterocycles. The smallest absolute Gasteiger partial charge is 0.0619 e. The molecule has 0 aliphatic heterocycles. The lowest BCUT2D eigenvalue weighted by Crippen LogP contribution is -2.53. The number of aliphatic hydroxyl groups is 1. The van der Waals surface area contributed by atoms with E-state index >= 15 is 0 Å². The number of nitrogens with one attached hydrogen (secondary N) is 1. The SMILES string of the molecule is OCC(Cc1ccccc1)(Cc1ccccc1)NC1CC1. The maximum Gasteiger partial charge on any atom is 0.0619 e. The number of hydrogen-bond acceptors (Lipinski definition) is 2. The summed E-state index contributed by atoms with van der Waals surface area (Å²) < 4.78 is 0. The number of benzene rings is 2. The van der Waals surface area contributed by atoms with Gasteiger partial charge in [-0.3, -0.25) is 0 Å². The molecular weight excluding hydrogens is 258 g/mol. The van der Waals surface area contributed by atoms with E-state index in [1.54, 1.807) is 0 Å². The van der Waals surface area contributed by atoms with Crippen molar-refractivity contribution in [2.75, 3.05) is 6.61 Å². The quantitative estimate of drug-likeness (QED) is 0.818. The Morgan fingerprint density at radius 1 is 0.857 bits per heavy atom. The summed E-state index contributed by atoms with van der Waals surface area (Å²) in [7, 11) is 0. The van der Waals surface area contributed by atoms with Gasteiger partial charge in [0.25, 0.3) is 0 Å². The molecule has 0 saturated heterocycles. The molecule has 2 heteroatoms. The van der Waals surface area contributed by atoms with Gasteiger partial charge in [0.15, 0.2) is 0 Å². The zero-order valence-electron chi connectivity index (χ0n) is 12.3. The molecule has 2 aromatic carbocycles. The summed E-state index contributed by atoms with van der Waals surface area (Å²) in [6.45, 7) is 0.160. The zero-order chi connectivity index (χ0) is 14.5. The van der Waals surface area contributed by atoms with Crippen molar-refractivity contribution in [1.29, 1.82) is 0 Å². The summed E-state index contributed by atoms with van der Waals surface area (Å²) in [5.74, 6) is 0. The summed E-state index contributed by atoms with van der Waals surface area (Å²) in [6, 6.07) is 21.5. The van der Waals surface area contributed by atoms with E-state index in [0.717, 1.165) is 12.8 Å². The molecule has 21 heavy (non-hydrogen) atoms. The Kier molecular flexibility index (Phi) is 4.37. The van der Waals surface area contributed by atoms with Crippen LogP contribution in [0, 0.1) is 0 Å². The molecule has 2 N–H and O–H groups in total. The van der Waals surface area contributed by atoms with E-state index in [1.165, 1.54) is 24.0 Å². The van der Waals surface area contributed by atoms with Gasteiger partial charge in [0.05, 0.1) is 6.61 Å². The lowest BCUT2D eigenvalue weighted by molar-refractivity contribution is 0.156. The molecule has 0 amide bonds. The van der Waals surface area contributed by atoms with Gasteiger partial charge < -0.3 is 10.4 Å². The van der Waals surface area contributed by atoms with Crippen LogP contribution in [0.3, 0.4) is 0 Å². The predicted octanol–water partition coefficient (Wildman–Crippen LogP) is 2.95. The molecule has 0 unspecified atom stereocenters. The van der Waals surface area contributed by atoms with Crippen molar-refractivity contribution in [3.8, 4) is 0 Å². The zero-order valence-corrected chi connectivity index (χ0v) is 12.3. The van der Waals surface area contributed by atoms with Crippen LogP contribution in [0.15, 0.2) is 60.7 Å². The molecule has 0 radical (unpaired) electrons. The lowest BCUT2D eigenvalue weighted by Gasteiger charge is -2.34. The standard InChI is InChI=1S/C19H23NO/c21-15-19(20-18-11-12-18,13-16-7-3-1-4-8-16)14-17-9-5-2-6-10-17/h1-10,18,20-21H,11-15H2. The van der Waals surface area contributed by atoms with E-state index < -0.39 is 0 Å². The molecule has 1 aliphatic rings. The fraction of sp³-hybridized carbons (Fsp3) is 0.368. The van der Waals surface area contributed by atoms with E-state index in [0.29, 0.717) is 6.04 Å². The molecule has 1 aliphatic carbocycles. The van der Waals surface area contributed by atoms with Crippen molar-refractivity contribution < 1.29 is 5.11 Å². The van der Waals surface area contributed by atoms with Crippen LogP contribution >= 0.6 is 0 Å². The Hall–Kier alpha value is -1.64. The second kappa shape index (κ2) is 6.42. The van der Waals surface area contributed by atoms with Crippen LogP contribution in [0.1, 0.15) is 24.0 Å². The minimum atomic E-state index is -0.260. The minimum Gasteiger partial charge on any atom is -0.394 e. The van der Waals surface area contributed by atoms with Crippen molar-refractivity contribution in [2.45, 2.75) is 37.3 Å². The van der Waals surface area contributed by atoms with Gasteiger partial charge in [0.1, 0.15) is 0 Å². The number of hydrogen-bond donors (Lipinski definition) is 2. The summed E-state index contributed by atoms with van der Waals surface area (Å²) in [4.78, 5) is 0. The van der Waals surface area contributed by atoms with Gasteiger partial charge in [0, 0.05) is 11.6 Å². The Morgan fingerprint density at radius 2 is 1.33 bits per heavy atom. The van der Waals surface area contributed by atoms with Crippen LogP contribution in [-0.4, -0.2) is 23.3 Å². The van der Waals surface area contributed by atoms with Gasteiger partial charge in [-0.25, -0.2) is 0 Å². The minimum absolute atomic E-state index is 0.160. The van der Waals surface area contributed by atoms with Crippen LogP contribution in [-0.2, 0) is 12.8 Å². The summed E-state index contributed by atoms with van der Waals surface area (Å²) >= 11 is 0. The summed E-state index contributed by atoms with van der Waals surface area (Å²) in [6.07, 6.45) is 4.17. The first-order valence-corrected chi connectivity index (χ1v) is 7.76. The van der Waals surface area contributed by atoms with Crippen LogP contribution in [0.2, 0.25) is 0 Å². The van der Waals surface area contributed by atoms with Crippen molar-refractivity contribution in [2.24, 2.45) is 0 Å². The monoisotopic (exact) mass is 281 g/mol. The first-order valence-electron chi connectivity index (χ1n) is 7.76. The topological polar surface area (TPSA) is 32.3 Å². The molecule has 0 bridgehead atoms. The first-order chi connectivity index (χ1) is 10.3. The van der Waals surface area contributed by atoms with E-state index in [2.05, 4.69) is 53.8 Å². The van der Waals surface area contributed by atoms with Gasteiger partial charge >= 0.3 is 0 Å². The van der Waals surface area contributed by atoms with Gasteiger partial charge in [-0.2, -0.15) is 0 Å². The molecule has 2 aromatic rings. The van der Waals surface area contributed by atoms with Crippen LogP contribution in [0.25, 0.3) is 0 Å². The fourth-order valence-corrected chi connectivity index (χ4v) is 2.96. The fourth-order valence-electron chi connectivity index (χ4n) is 2.96. The molecule has 2 nitrogen and oxygen atoms in total. The molecular formula is C19H23NO. The Balaban J connectivity index is 1.82. The lowest BCUT2D eigenvalue weighted by atomic mass is 9.85. The highest BCUT2D eigenvalue weighted by atomic mass is 16.3. The number of rotatable bonds is 7. The highest BCUT2D eigenvalue weighted by Crippen LogP contribution is 2.27. The van der Waals surface area contributed by atoms with Crippen molar-refractivity contribution >= 4 is 0 Å². The Labute approximate surface area is 126 Å². The van der Waals surface area contributed by atoms with Crippen molar-refractivity contribution in [3.63, 3.8) is 0 Å². The second-order valence-electron chi connectivity index (χ2n) is 6.18. The predicted molar refractivity (Wildman–Crippen MR) is 86.3 cm³/mol. The highest BCUT2D eigenvalue weighted by Gasteiger charge is 2.36. The molecule has 3 rings (SSSR count). The van der Waals surface area contributed by atoms with Crippen molar-refractivity contribution in [3.05, 3.63) is 71.8 Å². The molecule has 1 saturated carbocycles. The van der Waals surface area contributed by atoms with Crippen LogP contribution in [0.4, 0.5) is 0 Å². The molecule has 110 valence electrons. The molecule has 0 atom stereocenters.